The Labute approximate surface area is 71.8 Å². The van der Waals surface area contributed by atoms with E-state index in [1.54, 1.807) is 12.1 Å². The van der Waals surface area contributed by atoms with Crippen molar-refractivity contribution in [3.63, 3.8) is 0 Å². The predicted molar refractivity (Wildman–Crippen MR) is 46.7 cm³/mol. The standard InChI is InChI=1S/C10H11O2/c11-8-2-1-3-9-4-6-10(12)7-5-9/h4-7,12H,1-3H2. The van der Waals surface area contributed by atoms with E-state index in [1.807, 2.05) is 18.4 Å². The van der Waals surface area contributed by atoms with Crippen molar-refractivity contribution in [3.8, 4) is 5.75 Å². The van der Waals surface area contributed by atoms with Gasteiger partial charge in [0.25, 0.3) is 0 Å². The first-order valence-corrected chi connectivity index (χ1v) is 3.96. The highest BCUT2D eigenvalue weighted by molar-refractivity contribution is 5.50. The number of aromatic hydroxyl groups is 1. The Morgan fingerprint density at radius 3 is 2.50 bits per heavy atom. The normalized spacial score (nSPS) is 9.67. The molecular formula is C10H11O2. The van der Waals surface area contributed by atoms with Crippen LogP contribution < -0.4 is 0 Å². The van der Waals surface area contributed by atoms with Crippen LogP contribution in [0, 0.1) is 0 Å². The smallest absolute Gasteiger partial charge is 0.198 e. The Balaban J connectivity index is 2.42. The van der Waals surface area contributed by atoms with Crippen LogP contribution in [-0.4, -0.2) is 11.4 Å². The van der Waals surface area contributed by atoms with Gasteiger partial charge in [-0.05, 0) is 30.5 Å². The number of rotatable bonds is 4. The fraction of sp³-hybridized carbons (Fsp3) is 0.300. The summed E-state index contributed by atoms with van der Waals surface area (Å²) in [5, 5.41) is 8.97. The first-order valence-electron chi connectivity index (χ1n) is 3.96. The van der Waals surface area contributed by atoms with E-state index in [4.69, 9.17) is 5.11 Å². The molecule has 0 aliphatic heterocycles. The molecule has 0 aliphatic carbocycles. The third-order valence-corrected chi connectivity index (χ3v) is 1.68. The number of hydrogen-bond donors (Lipinski definition) is 1. The highest BCUT2D eigenvalue weighted by Gasteiger charge is 1.92. The molecule has 0 atom stereocenters. The van der Waals surface area contributed by atoms with Crippen molar-refractivity contribution in [3.05, 3.63) is 29.8 Å². The number of carbonyl (C=O) groups excluding carboxylic acids is 1. The van der Waals surface area contributed by atoms with Crippen LogP contribution in [0.1, 0.15) is 18.4 Å². The van der Waals surface area contributed by atoms with E-state index in [0.29, 0.717) is 6.42 Å². The molecule has 0 bridgehead atoms. The van der Waals surface area contributed by atoms with Gasteiger partial charge in [-0.1, -0.05) is 12.1 Å². The summed E-state index contributed by atoms with van der Waals surface area (Å²) in [6, 6.07) is 7.03. The molecule has 0 unspecified atom stereocenters. The molecule has 1 radical (unpaired) electrons. The minimum Gasteiger partial charge on any atom is -0.508 e. The number of hydrogen-bond acceptors (Lipinski definition) is 2. The first-order chi connectivity index (χ1) is 5.83. The van der Waals surface area contributed by atoms with Crippen LogP contribution in [-0.2, 0) is 11.2 Å². The Morgan fingerprint density at radius 1 is 1.25 bits per heavy atom. The molecule has 1 aromatic carbocycles. The number of phenolic OH excluding ortho intramolecular Hbond substituents is 1. The molecule has 12 heavy (non-hydrogen) atoms. The van der Waals surface area contributed by atoms with E-state index in [2.05, 4.69) is 0 Å². The summed E-state index contributed by atoms with van der Waals surface area (Å²) in [6.45, 7) is 0. The molecule has 0 spiro atoms. The summed E-state index contributed by atoms with van der Waals surface area (Å²) in [5.74, 6) is 0.278. The van der Waals surface area contributed by atoms with Crippen LogP contribution in [0.2, 0.25) is 0 Å². The molecule has 2 nitrogen and oxygen atoms in total. The van der Waals surface area contributed by atoms with E-state index in [-0.39, 0.29) is 5.75 Å². The lowest BCUT2D eigenvalue weighted by atomic mass is 10.1. The van der Waals surface area contributed by atoms with Crippen LogP contribution in [0.3, 0.4) is 0 Å². The molecule has 0 aromatic heterocycles. The maximum absolute atomic E-state index is 9.88. The lowest BCUT2D eigenvalue weighted by Crippen LogP contribution is -1.84. The maximum Gasteiger partial charge on any atom is 0.198 e. The number of benzene rings is 1. The topological polar surface area (TPSA) is 37.3 Å². The molecule has 2 heteroatoms. The molecule has 0 aliphatic rings. The lowest BCUT2D eigenvalue weighted by molar-refractivity contribution is 0.475. The van der Waals surface area contributed by atoms with Gasteiger partial charge in [0.1, 0.15) is 5.75 Å². The quantitative estimate of drug-likeness (QED) is 0.687. The molecular weight excluding hydrogens is 152 g/mol. The van der Waals surface area contributed by atoms with Crippen LogP contribution in [0.15, 0.2) is 24.3 Å². The summed E-state index contributed by atoms with van der Waals surface area (Å²) < 4.78 is 0. The number of phenols is 1. The van der Waals surface area contributed by atoms with Gasteiger partial charge in [0.2, 0.25) is 0 Å². The van der Waals surface area contributed by atoms with Crippen LogP contribution in [0.25, 0.3) is 0 Å². The van der Waals surface area contributed by atoms with Gasteiger partial charge in [0.15, 0.2) is 6.29 Å². The molecule has 1 aromatic rings. The average Bonchev–Trinajstić information content (AvgIpc) is 2.09. The van der Waals surface area contributed by atoms with Gasteiger partial charge in [-0.2, -0.15) is 0 Å². The summed E-state index contributed by atoms with van der Waals surface area (Å²) >= 11 is 0. The summed E-state index contributed by atoms with van der Waals surface area (Å²) in [6.07, 6.45) is 4.04. The Bertz CT molecular complexity index is 239. The Kier molecular flexibility index (Phi) is 3.33. The zero-order valence-corrected chi connectivity index (χ0v) is 6.79. The van der Waals surface area contributed by atoms with Crippen molar-refractivity contribution in [1.82, 2.24) is 0 Å². The third kappa shape index (κ3) is 2.74. The van der Waals surface area contributed by atoms with Gasteiger partial charge in [-0.15, -0.1) is 0 Å². The minimum absolute atomic E-state index is 0.278. The van der Waals surface area contributed by atoms with E-state index in [1.165, 1.54) is 0 Å². The van der Waals surface area contributed by atoms with Gasteiger partial charge in [0.05, 0.1) is 0 Å². The summed E-state index contributed by atoms with van der Waals surface area (Å²) in [7, 11) is 0. The molecule has 63 valence electrons. The van der Waals surface area contributed by atoms with Crippen LogP contribution >= 0.6 is 0 Å². The van der Waals surface area contributed by atoms with Crippen LogP contribution in [0.4, 0.5) is 0 Å². The van der Waals surface area contributed by atoms with Gasteiger partial charge in [-0.25, -0.2) is 0 Å². The molecule has 0 saturated carbocycles. The predicted octanol–water partition coefficient (Wildman–Crippen LogP) is 1.82. The molecule has 1 N–H and O–H groups in total. The SMILES string of the molecule is O=[C]CCCc1ccc(O)cc1. The zero-order chi connectivity index (χ0) is 8.81. The van der Waals surface area contributed by atoms with E-state index in [0.717, 1.165) is 18.4 Å². The van der Waals surface area contributed by atoms with Crippen molar-refractivity contribution < 1.29 is 9.90 Å². The molecule has 1 rings (SSSR count). The van der Waals surface area contributed by atoms with E-state index >= 15 is 0 Å². The fourth-order valence-corrected chi connectivity index (χ4v) is 1.03. The average molecular weight is 163 g/mol. The highest BCUT2D eigenvalue weighted by Crippen LogP contribution is 2.11. The van der Waals surface area contributed by atoms with Crippen molar-refractivity contribution in [2.45, 2.75) is 19.3 Å². The highest BCUT2D eigenvalue weighted by atomic mass is 16.3. The second-order valence-corrected chi connectivity index (χ2v) is 2.66. The molecule has 0 heterocycles. The monoisotopic (exact) mass is 163 g/mol. The second-order valence-electron chi connectivity index (χ2n) is 2.66. The Hall–Kier alpha value is -1.31. The maximum atomic E-state index is 9.88. The van der Waals surface area contributed by atoms with Gasteiger partial charge < -0.3 is 5.11 Å². The minimum atomic E-state index is 0.278. The molecule has 0 amide bonds. The molecule has 0 saturated heterocycles. The Morgan fingerprint density at radius 2 is 1.92 bits per heavy atom. The van der Waals surface area contributed by atoms with Gasteiger partial charge >= 0.3 is 0 Å². The zero-order valence-electron chi connectivity index (χ0n) is 6.79. The number of aryl methyl sites for hydroxylation is 1. The summed E-state index contributed by atoms with van der Waals surface area (Å²) in [5.41, 5.74) is 1.14. The fourth-order valence-electron chi connectivity index (χ4n) is 1.03. The number of unbranched alkanes of at least 4 members (excludes halogenated alkanes) is 1. The van der Waals surface area contributed by atoms with E-state index < -0.39 is 0 Å². The van der Waals surface area contributed by atoms with Crippen LogP contribution in [0.5, 0.6) is 5.75 Å². The third-order valence-electron chi connectivity index (χ3n) is 1.68. The van der Waals surface area contributed by atoms with Crippen molar-refractivity contribution in [2.24, 2.45) is 0 Å². The second kappa shape index (κ2) is 4.54. The van der Waals surface area contributed by atoms with Gasteiger partial charge in [-0.3, -0.25) is 4.79 Å². The summed E-state index contributed by atoms with van der Waals surface area (Å²) in [4.78, 5) is 9.88. The largest absolute Gasteiger partial charge is 0.508 e. The van der Waals surface area contributed by atoms with E-state index in [9.17, 15) is 4.79 Å². The first kappa shape index (κ1) is 8.78. The van der Waals surface area contributed by atoms with Crippen molar-refractivity contribution in [2.75, 3.05) is 0 Å². The van der Waals surface area contributed by atoms with Crippen molar-refractivity contribution in [1.29, 1.82) is 0 Å². The lowest BCUT2D eigenvalue weighted by Gasteiger charge is -1.98. The molecule has 0 fully saturated rings. The van der Waals surface area contributed by atoms with Gasteiger partial charge in [0, 0.05) is 6.42 Å². The van der Waals surface area contributed by atoms with Crippen molar-refractivity contribution >= 4 is 6.29 Å².